The van der Waals surface area contributed by atoms with Crippen molar-refractivity contribution in [3.05, 3.63) is 30.1 Å². The summed E-state index contributed by atoms with van der Waals surface area (Å²) in [7, 11) is 1.67. The molecule has 4 heteroatoms. The zero-order valence-electron chi connectivity index (χ0n) is 9.43. The van der Waals surface area contributed by atoms with Crippen molar-refractivity contribution in [1.82, 2.24) is 10.0 Å². The molecule has 0 radical (unpaired) electrons. The Morgan fingerprint density at radius 2 is 2.00 bits per heavy atom. The van der Waals surface area contributed by atoms with Gasteiger partial charge in [0.25, 0.3) is 0 Å². The molecule has 0 unspecified atom stereocenters. The lowest BCUT2D eigenvalue weighted by molar-refractivity contribution is -0.153. The Bertz CT molecular complexity index is 345. The van der Waals surface area contributed by atoms with Crippen molar-refractivity contribution in [3.8, 4) is 0 Å². The van der Waals surface area contributed by atoms with E-state index in [1.807, 2.05) is 17.2 Å². The fourth-order valence-corrected chi connectivity index (χ4v) is 2.23. The average Bonchev–Trinajstić information content (AvgIpc) is 2.40. The number of carbonyl (C=O) groups excluding carboxylic acids is 1. The highest BCUT2D eigenvalue weighted by Crippen LogP contribution is 2.33. The quantitative estimate of drug-likeness (QED) is 0.717. The van der Waals surface area contributed by atoms with Gasteiger partial charge in [0.1, 0.15) is 6.29 Å². The van der Waals surface area contributed by atoms with Crippen LogP contribution in [0, 0.1) is 0 Å². The van der Waals surface area contributed by atoms with Gasteiger partial charge in [-0.15, -0.1) is 0 Å². The lowest BCUT2D eigenvalue weighted by atomic mass is 9.75. The number of piperidine rings is 1. The highest BCUT2D eigenvalue weighted by Gasteiger charge is 2.36. The summed E-state index contributed by atoms with van der Waals surface area (Å²) in [4.78, 5) is 20.6. The van der Waals surface area contributed by atoms with Gasteiger partial charge in [0, 0.05) is 25.5 Å². The van der Waals surface area contributed by atoms with Gasteiger partial charge in [-0.3, -0.25) is 4.98 Å². The van der Waals surface area contributed by atoms with Crippen molar-refractivity contribution in [2.45, 2.75) is 18.3 Å². The van der Waals surface area contributed by atoms with Crippen LogP contribution < -0.4 is 0 Å². The smallest absolute Gasteiger partial charge is 0.130 e. The molecule has 2 rings (SSSR count). The van der Waals surface area contributed by atoms with Gasteiger partial charge in [0.05, 0.1) is 12.5 Å². The zero-order chi connectivity index (χ0) is 11.4. The minimum Gasteiger partial charge on any atom is -0.302 e. The van der Waals surface area contributed by atoms with Crippen molar-refractivity contribution in [2.24, 2.45) is 0 Å². The number of rotatable bonds is 3. The van der Waals surface area contributed by atoms with Crippen molar-refractivity contribution in [3.63, 3.8) is 0 Å². The monoisotopic (exact) mass is 220 g/mol. The molecule has 1 fully saturated rings. The number of nitrogens with zero attached hydrogens (tertiary/aromatic N) is 2. The third kappa shape index (κ3) is 1.99. The molecule has 0 saturated carbocycles. The predicted octanol–water partition coefficient (Wildman–Crippen LogP) is 1.18. The maximum absolute atomic E-state index is 11.4. The minimum absolute atomic E-state index is 0.349. The lowest BCUT2D eigenvalue weighted by Crippen LogP contribution is -2.43. The van der Waals surface area contributed by atoms with Crippen LogP contribution in [0.1, 0.15) is 18.4 Å². The lowest BCUT2D eigenvalue weighted by Gasteiger charge is -2.37. The molecule has 1 aliphatic rings. The summed E-state index contributed by atoms with van der Waals surface area (Å²) >= 11 is 0. The van der Waals surface area contributed by atoms with Gasteiger partial charge in [0.2, 0.25) is 0 Å². The second-order valence-corrected chi connectivity index (χ2v) is 4.12. The van der Waals surface area contributed by atoms with Crippen LogP contribution in [0.2, 0.25) is 0 Å². The van der Waals surface area contributed by atoms with Gasteiger partial charge >= 0.3 is 0 Å². The first-order valence-corrected chi connectivity index (χ1v) is 5.47. The van der Waals surface area contributed by atoms with Crippen LogP contribution in [0.4, 0.5) is 0 Å². The number of hydrogen-bond acceptors (Lipinski definition) is 4. The summed E-state index contributed by atoms with van der Waals surface area (Å²) < 4.78 is 0. The molecule has 0 spiro atoms. The highest BCUT2D eigenvalue weighted by atomic mass is 16.7. The number of aldehydes is 1. The summed E-state index contributed by atoms with van der Waals surface area (Å²) in [6, 6.07) is 3.85. The Labute approximate surface area is 95.2 Å². The largest absolute Gasteiger partial charge is 0.302 e. The van der Waals surface area contributed by atoms with Crippen molar-refractivity contribution in [2.75, 3.05) is 20.2 Å². The third-order valence-electron chi connectivity index (χ3n) is 3.35. The molecule has 1 aromatic heterocycles. The molecule has 86 valence electrons. The van der Waals surface area contributed by atoms with Crippen LogP contribution in [0.25, 0.3) is 0 Å². The molecule has 4 nitrogen and oxygen atoms in total. The Morgan fingerprint density at radius 1 is 1.38 bits per heavy atom. The molecule has 2 heterocycles. The standard InChI is InChI=1S/C12H16N2O2/c1-16-14-8-4-12(10-15,5-9-14)11-2-6-13-7-3-11/h2-3,6-7,10H,4-5,8-9H2,1H3. The van der Waals surface area contributed by atoms with Crippen LogP contribution in [0.15, 0.2) is 24.5 Å². The number of hydrogen-bond donors (Lipinski definition) is 0. The van der Waals surface area contributed by atoms with Crippen molar-refractivity contribution >= 4 is 6.29 Å². The molecule has 0 atom stereocenters. The van der Waals surface area contributed by atoms with Gasteiger partial charge < -0.3 is 9.63 Å². The molecule has 0 bridgehead atoms. The van der Waals surface area contributed by atoms with E-state index in [1.54, 1.807) is 19.5 Å². The normalized spacial score (nSPS) is 20.6. The van der Waals surface area contributed by atoms with E-state index < -0.39 is 0 Å². The van der Waals surface area contributed by atoms with Gasteiger partial charge in [-0.1, -0.05) is 0 Å². The van der Waals surface area contributed by atoms with E-state index in [0.717, 1.165) is 37.8 Å². The summed E-state index contributed by atoms with van der Waals surface area (Å²) in [5.41, 5.74) is 0.714. The van der Waals surface area contributed by atoms with Crippen LogP contribution in [0.5, 0.6) is 0 Å². The number of pyridine rings is 1. The van der Waals surface area contributed by atoms with Gasteiger partial charge in [-0.05, 0) is 30.5 Å². The molecule has 1 aromatic rings. The average molecular weight is 220 g/mol. The van der Waals surface area contributed by atoms with Gasteiger partial charge in [-0.25, -0.2) is 0 Å². The van der Waals surface area contributed by atoms with Crippen molar-refractivity contribution < 1.29 is 9.63 Å². The van der Waals surface area contributed by atoms with Crippen LogP contribution in [0.3, 0.4) is 0 Å². The Morgan fingerprint density at radius 3 is 2.50 bits per heavy atom. The van der Waals surface area contributed by atoms with E-state index in [2.05, 4.69) is 4.98 Å². The summed E-state index contributed by atoms with van der Waals surface area (Å²) in [6.07, 6.45) is 6.16. The van der Waals surface area contributed by atoms with Gasteiger partial charge in [-0.2, -0.15) is 5.06 Å². The van der Waals surface area contributed by atoms with E-state index >= 15 is 0 Å². The maximum atomic E-state index is 11.4. The predicted molar refractivity (Wildman–Crippen MR) is 59.8 cm³/mol. The second-order valence-electron chi connectivity index (χ2n) is 4.12. The summed E-state index contributed by atoms with van der Waals surface area (Å²) in [6.45, 7) is 1.58. The Hall–Kier alpha value is -1.26. The first kappa shape index (κ1) is 11.2. The summed E-state index contributed by atoms with van der Waals surface area (Å²) in [5.74, 6) is 0. The van der Waals surface area contributed by atoms with Crippen LogP contribution >= 0.6 is 0 Å². The fourth-order valence-electron chi connectivity index (χ4n) is 2.23. The van der Waals surface area contributed by atoms with E-state index in [1.165, 1.54) is 0 Å². The number of aromatic nitrogens is 1. The maximum Gasteiger partial charge on any atom is 0.130 e. The number of hydroxylamine groups is 2. The second kappa shape index (κ2) is 4.72. The Balaban J connectivity index is 2.19. The highest BCUT2D eigenvalue weighted by molar-refractivity contribution is 5.68. The third-order valence-corrected chi connectivity index (χ3v) is 3.35. The molecular weight excluding hydrogens is 204 g/mol. The molecule has 16 heavy (non-hydrogen) atoms. The molecule has 0 aromatic carbocycles. The molecule has 0 N–H and O–H groups in total. The molecule has 1 saturated heterocycles. The first-order chi connectivity index (χ1) is 7.80. The molecular formula is C12H16N2O2. The fraction of sp³-hybridized carbons (Fsp3) is 0.500. The molecule has 0 amide bonds. The van der Waals surface area contributed by atoms with Crippen molar-refractivity contribution in [1.29, 1.82) is 0 Å². The first-order valence-electron chi connectivity index (χ1n) is 5.47. The van der Waals surface area contributed by atoms with E-state index in [4.69, 9.17) is 4.84 Å². The SMILES string of the molecule is CON1CCC(C=O)(c2ccncc2)CC1. The molecule has 0 aliphatic carbocycles. The number of carbonyl (C=O) groups is 1. The van der Waals surface area contributed by atoms with Gasteiger partial charge in [0.15, 0.2) is 0 Å². The van der Waals surface area contributed by atoms with E-state index in [0.29, 0.717) is 0 Å². The van der Waals surface area contributed by atoms with Crippen LogP contribution in [-0.2, 0) is 15.0 Å². The summed E-state index contributed by atoms with van der Waals surface area (Å²) in [5, 5.41) is 1.89. The van der Waals surface area contributed by atoms with E-state index in [-0.39, 0.29) is 5.41 Å². The topological polar surface area (TPSA) is 42.4 Å². The molecule has 1 aliphatic heterocycles. The Kier molecular flexibility index (Phi) is 3.31. The zero-order valence-corrected chi connectivity index (χ0v) is 9.43. The van der Waals surface area contributed by atoms with E-state index in [9.17, 15) is 4.79 Å². The minimum atomic E-state index is -0.349. The van der Waals surface area contributed by atoms with Crippen LogP contribution in [-0.4, -0.2) is 36.5 Å².